The van der Waals surface area contributed by atoms with Crippen LogP contribution < -0.4 is 22.1 Å². The molecule has 0 amide bonds. The van der Waals surface area contributed by atoms with E-state index in [9.17, 15) is 0 Å². The first-order valence-corrected chi connectivity index (χ1v) is 54.9. The molecule has 0 aliphatic carbocycles. The minimum atomic E-state index is 0.833. The number of unbranched alkanes of at least 4 members (excludes halogenated alkanes) is 27. The Morgan fingerprint density at radius 3 is 0.681 bits per heavy atom. The molecule has 12 aromatic rings. The van der Waals surface area contributed by atoms with Gasteiger partial charge in [-0.05, 0) is 378 Å². The molecule has 0 unspecified atom stereocenters. The summed E-state index contributed by atoms with van der Waals surface area (Å²) in [6.07, 6.45) is 55.5. The maximum Gasteiger partial charge on any atom is 0.0387 e. The summed E-state index contributed by atoms with van der Waals surface area (Å²) >= 11 is 3.57. The molecular weight excluding hydrogens is 1700 g/mol. The monoisotopic (exact) mass is 1870 g/mol. The number of hydrogen-bond donors (Lipinski definition) is 4. The van der Waals surface area contributed by atoms with Gasteiger partial charge in [0.1, 0.15) is 0 Å². The van der Waals surface area contributed by atoms with Gasteiger partial charge in [-0.2, -0.15) is 0 Å². The Morgan fingerprint density at radius 1 is 0.193 bits per heavy atom. The van der Waals surface area contributed by atoms with Gasteiger partial charge in [0.05, 0.1) is 0 Å². The summed E-state index contributed by atoms with van der Waals surface area (Å²) < 4.78 is 1.16. The van der Waals surface area contributed by atoms with Crippen molar-refractivity contribution in [2.45, 2.75) is 379 Å². The van der Waals surface area contributed by atoms with Crippen molar-refractivity contribution in [3.8, 4) is 77.9 Å². The van der Waals surface area contributed by atoms with Crippen molar-refractivity contribution in [3.63, 3.8) is 0 Å². The smallest absolute Gasteiger partial charge is 0.0387 e. The summed E-state index contributed by atoms with van der Waals surface area (Å²) in [6, 6.07) is 85.5. The standard InChI is InChI=1S/C76H100N2.C32H44N2.C22H29Br/c1-9-15-19-23-25-27-31-59-35-39-63(40-36-59)73-49-45-69(53-61(73)13-5)77-67-43-47-71(57(7)51-67)75-55-66(34-30-22-18-12-4)76(56-65(75)33-29-21-17-11-3)72-48-44-68(52-58(72)8)78-70-46-50-74(62(14-6)54-70)64-41-37-60(38-42-64)32-28-26-24-20-16-10-2;1-5-7-9-11-13-25-21-32(30-18-16-28(34)20-24(30)4)26(14-12-10-8-6-2)22-31(25)29-17-15-27(33)19-23(29)3;1-3-5-6-7-8-9-10-18-11-13-20(14-12-18)22-16-15-21(23)17-19(22)4-2/h35-56,77-78H,9-34H2,1-8H3;15-22H,5-14,33-34H2,1-4H3;11-17H,3-10H2,1-2H3. The number of halogens is 1. The highest BCUT2D eigenvalue weighted by molar-refractivity contribution is 9.10. The number of aryl methyl sites for hydroxylation is 14. The fraction of sp³-hybridized carbons (Fsp3) is 0.446. The van der Waals surface area contributed by atoms with Crippen molar-refractivity contribution in [1.29, 1.82) is 0 Å². The highest BCUT2D eigenvalue weighted by Gasteiger charge is 2.21. The zero-order chi connectivity index (χ0) is 95.9. The van der Waals surface area contributed by atoms with Crippen LogP contribution in [0.25, 0.3) is 77.9 Å². The maximum atomic E-state index is 6.10. The van der Waals surface area contributed by atoms with E-state index in [2.05, 4.69) is 336 Å². The van der Waals surface area contributed by atoms with Crippen LogP contribution in [0.4, 0.5) is 34.1 Å². The molecule has 0 aromatic heterocycles. The molecule has 12 rings (SSSR count). The third-order valence-electron chi connectivity index (χ3n) is 28.2. The van der Waals surface area contributed by atoms with Crippen LogP contribution in [-0.4, -0.2) is 0 Å². The molecule has 0 bridgehead atoms. The van der Waals surface area contributed by atoms with Gasteiger partial charge in [0.15, 0.2) is 0 Å². The fourth-order valence-corrected chi connectivity index (χ4v) is 20.5. The first kappa shape index (κ1) is 107. The quantitative estimate of drug-likeness (QED) is 0.0226. The Bertz CT molecular complexity index is 5200. The fourth-order valence-electron chi connectivity index (χ4n) is 20.1. The lowest BCUT2D eigenvalue weighted by Crippen LogP contribution is -2.01. The van der Waals surface area contributed by atoms with Crippen LogP contribution in [0.5, 0.6) is 0 Å². The first-order chi connectivity index (χ1) is 65.9. The minimum absolute atomic E-state index is 0.833. The van der Waals surface area contributed by atoms with Crippen molar-refractivity contribution < 1.29 is 0 Å². The van der Waals surface area contributed by atoms with Crippen LogP contribution >= 0.6 is 15.9 Å². The highest BCUT2D eigenvalue weighted by Crippen LogP contribution is 2.43. The van der Waals surface area contributed by atoms with Gasteiger partial charge >= 0.3 is 0 Å². The predicted molar refractivity (Wildman–Crippen MR) is 603 cm³/mol. The molecule has 0 saturated heterocycles. The SMILES string of the molecule is CCCCCCCCc1ccc(-c2ccc(Br)cc2CC)cc1.CCCCCCCCc1ccc(-c2ccc(Nc3ccc(-c4cc(CCCCCC)c(-c5ccc(Nc6ccc(-c7ccc(CCCCCCCC)cc7)c(CC)c6)cc5C)cc4CCCCCC)c(C)c3)cc2CC)cc1.CCCCCCc1cc(-c2ccc(N)cc2C)c(CCCCCC)cc1-c1ccc(N)cc1C. The van der Waals surface area contributed by atoms with Crippen LogP contribution in [-0.2, 0) is 64.2 Å². The Hall–Kier alpha value is -9.68. The zero-order valence-corrected chi connectivity index (χ0v) is 88.1. The molecule has 0 aliphatic heterocycles. The topological polar surface area (TPSA) is 76.1 Å². The first-order valence-electron chi connectivity index (χ1n) is 54.1. The second-order valence-electron chi connectivity index (χ2n) is 39.3. The van der Waals surface area contributed by atoms with Crippen molar-refractivity contribution >= 4 is 50.1 Å². The van der Waals surface area contributed by atoms with E-state index in [4.69, 9.17) is 11.5 Å². The predicted octanol–water partition coefficient (Wildman–Crippen LogP) is 40.3. The van der Waals surface area contributed by atoms with Crippen molar-refractivity contribution in [2.75, 3.05) is 22.1 Å². The van der Waals surface area contributed by atoms with Gasteiger partial charge in [-0.15, -0.1) is 0 Å². The van der Waals surface area contributed by atoms with Gasteiger partial charge in [0.25, 0.3) is 0 Å². The molecular formula is C130H173BrN4. The summed E-state index contributed by atoms with van der Waals surface area (Å²) in [5, 5.41) is 7.64. The summed E-state index contributed by atoms with van der Waals surface area (Å²) in [5.74, 6) is 0. The second-order valence-corrected chi connectivity index (χ2v) is 40.2. The van der Waals surface area contributed by atoms with E-state index < -0.39 is 0 Å². The highest BCUT2D eigenvalue weighted by atomic mass is 79.9. The van der Waals surface area contributed by atoms with E-state index in [0.29, 0.717) is 0 Å². The third-order valence-corrected chi connectivity index (χ3v) is 28.7. The Balaban J connectivity index is 0.000000268. The van der Waals surface area contributed by atoms with E-state index in [1.54, 1.807) is 0 Å². The number of nitrogen functional groups attached to an aromatic ring is 2. The van der Waals surface area contributed by atoms with Crippen LogP contribution in [0.3, 0.4) is 0 Å². The van der Waals surface area contributed by atoms with Crippen LogP contribution in [0.15, 0.2) is 229 Å². The largest absolute Gasteiger partial charge is 0.399 e. The molecule has 720 valence electrons. The van der Waals surface area contributed by atoms with Gasteiger partial charge in [0, 0.05) is 38.6 Å². The van der Waals surface area contributed by atoms with Gasteiger partial charge in [-0.25, -0.2) is 0 Å². The normalized spacial score (nSPS) is 11.3. The summed E-state index contributed by atoms with van der Waals surface area (Å²) in [7, 11) is 0. The van der Waals surface area contributed by atoms with Crippen LogP contribution in [0.2, 0.25) is 0 Å². The van der Waals surface area contributed by atoms with Gasteiger partial charge in [0.2, 0.25) is 0 Å². The van der Waals surface area contributed by atoms with E-state index >= 15 is 0 Å². The van der Waals surface area contributed by atoms with Crippen LogP contribution in [0.1, 0.15) is 365 Å². The van der Waals surface area contributed by atoms with Crippen molar-refractivity contribution in [1.82, 2.24) is 0 Å². The number of nitrogens with two attached hydrogens (primary N) is 2. The Morgan fingerprint density at radius 2 is 0.415 bits per heavy atom. The zero-order valence-electron chi connectivity index (χ0n) is 86.5. The number of benzene rings is 12. The summed E-state index contributed by atoms with van der Waals surface area (Å²) in [5.41, 5.74) is 56.9. The van der Waals surface area contributed by atoms with E-state index in [-0.39, 0.29) is 0 Å². The van der Waals surface area contributed by atoms with Crippen molar-refractivity contribution in [2.24, 2.45) is 0 Å². The molecule has 0 fully saturated rings. The molecule has 0 atom stereocenters. The number of rotatable bonds is 55. The average Bonchev–Trinajstić information content (AvgIpc) is 0.779. The maximum absolute atomic E-state index is 6.10. The van der Waals surface area contributed by atoms with Crippen LogP contribution in [0, 0.1) is 27.7 Å². The second kappa shape index (κ2) is 59.5. The molecule has 5 heteroatoms. The number of anilines is 6. The molecule has 4 nitrogen and oxygen atoms in total. The lowest BCUT2D eigenvalue weighted by atomic mass is 9.85. The summed E-state index contributed by atoms with van der Waals surface area (Å²) in [4.78, 5) is 0. The third kappa shape index (κ3) is 34.2. The number of hydrogen-bond acceptors (Lipinski definition) is 4. The van der Waals surface area contributed by atoms with Crippen molar-refractivity contribution in [3.05, 3.63) is 307 Å². The molecule has 0 heterocycles. The van der Waals surface area contributed by atoms with E-state index in [1.807, 2.05) is 12.1 Å². The Labute approximate surface area is 830 Å². The molecule has 0 radical (unpaired) electrons. The van der Waals surface area contributed by atoms with Gasteiger partial charge in [-0.1, -0.05) is 398 Å². The molecule has 0 aliphatic rings. The Kier molecular flexibility index (Phi) is 47.3. The average molecular weight is 1870 g/mol. The van der Waals surface area contributed by atoms with Gasteiger partial charge in [-0.3, -0.25) is 0 Å². The lowest BCUT2D eigenvalue weighted by molar-refractivity contribution is 0.607. The lowest BCUT2D eigenvalue weighted by Gasteiger charge is -2.21. The summed E-state index contributed by atoms with van der Waals surface area (Å²) in [6.45, 7) is 31.8. The molecule has 0 saturated carbocycles. The number of nitrogens with one attached hydrogen (secondary N) is 2. The van der Waals surface area contributed by atoms with E-state index in [0.717, 1.165) is 83.5 Å². The molecule has 135 heavy (non-hydrogen) atoms. The molecule has 12 aromatic carbocycles. The minimum Gasteiger partial charge on any atom is -0.399 e. The molecule has 6 N–H and O–H groups in total. The van der Waals surface area contributed by atoms with Gasteiger partial charge < -0.3 is 22.1 Å². The molecule has 0 spiro atoms. The van der Waals surface area contributed by atoms with E-state index in [1.165, 1.54) is 393 Å².